The Hall–Kier alpha value is -1.63. The number of halogens is 3. The Morgan fingerprint density at radius 1 is 1.22 bits per heavy atom. The van der Waals surface area contributed by atoms with Gasteiger partial charge in [0.05, 0.1) is 19.4 Å². The van der Waals surface area contributed by atoms with Crippen molar-refractivity contribution in [3.63, 3.8) is 0 Å². The first-order chi connectivity index (χ1) is 10.7. The van der Waals surface area contributed by atoms with Gasteiger partial charge in [-0.3, -0.25) is 4.90 Å². The zero-order valence-electron chi connectivity index (χ0n) is 12.7. The molecule has 1 aliphatic heterocycles. The van der Waals surface area contributed by atoms with Gasteiger partial charge in [-0.05, 0) is 12.1 Å². The number of nitrogens with one attached hydrogen (secondary N) is 1. The minimum atomic E-state index is -0.628. The summed E-state index contributed by atoms with van der Waals surface area (Å²) in [4.78, 5) is 2.02. The van der Waals surface area contributed by atoms with E-state index in [1.165, 1.54) is 25.5 Å². The summed E-state index contributed by atoms with van der Waals surface area (Å²) in [6.45, 7) is 2.93. The Labute approximate surface area is 139 Å². The van der Waals surface area contributed by atoms with Gasteiger partial charge in [0.2, 0.25) is 0 Å². The fourth-order valence-corrected chi connectivity index (χ4v) is 2.83. The van der Waals surface area contributed by atoms with Crippen molar-refractivity contribution in [3.05, 3.63) is 53.5 Å². The second kappa shape index (κ2) is 7.77. The van der Waals surface area contributed by atoms with Gasteiger partial charge in [-0.2, -0.15) is 0 Å². The highest BCUT2D eigenvalue weighted by molar-refractivity contribution is 5.85. The van der Waals surface area contributed by atoms with Crippen molar-refractivity contribution in [1.82, 2.24) is 10.2 Å². The lowest BCUT2D eigenvalue weighted by Crippen LogP contribution is -2.45. The van der Waals surface area contributed by atoms with Crippen LogP contribution in [0.15, 0.2) is 34.9 Å². The van der Waals surface area contributed by atoms with Gasteiger partial charge in [-0.15, -0.1) is 12.4 Å². The van der Waals surface area contributed by atoms with E-state index in [2.05, 4.69) is 5.32 Å². The standard InChI is InChI=1S/C16H18F2N2O2.ClH/c1-21-11-9-12(17)15(13(18)10-11)16(14-3-2-8-22-14)20-6-4-19-5-7-20;/h2-3,8-10,16,19H,4-7H2,1H3;1H/t16-;/m1./s1. The molecular weight excluding hydrogens is 326 g/mol. The number of hydrogen-bond donors (Lipinski definition) is 1. The van der Waals surface area contributed by atoms with Crippen LogP contribution in [0.1, 0.15) is 17.4 Å². The number of methoxy groups -OCH3 is 1. The molecule has 1 aromatic carbocycles. The van der Waals surface area contributed by atoms with Gasteiger partial charge < -0.3 is 14.5 Å². The molecule has 0 radical (unpaired) electrons. The second-order valence-corrected chi connectivity index (χ2v) is 5.21. The van der Waals surface area contributed by atoms with Crippen LogP contribution in [0.4, 0.5) is 8.78 Å². The van der Waals surface area contributed by atoms with E-state index in [0.29, 0.717) is 18.8 Å². The lowest BCUT2D eigenvalue weighted by molar-refractivity contribution is 0.173. The molecule has 23 heavy (non-hydrogen) atoms. The molecule has 4 nitrogen and oxygen atoms in total. The summed E-state index contributed by atoms with van der Waals surface area (Å²) in [5.74, 6) is -0.560. The van der Waals surface area contributed by atoms with Crippen LogP contribution in [0.3, 0.4) is 0 Å². The molecule has 1 atom stereocenters. The molecule has 3 rings (SSSR count). The predicted octanol–water partition coefficient (Wildman–Crippen LogP) is 2.98. The summed E-state index contributed by atoms with van der Waals surface area (Å²) in [5, 5.41) is 3.23. The van der Waals surface area contributed by atoms with E-state index in [-0.39, 0.29) is 23.7 Å². The van der Waals surface area contributed by atoms with Crippen molar-refractivity contribution in [2.24, 2.45) is 0 Å². The second-order valence-electron chi connectivity index (χ2n) is 5.21. The maximum atomic E-state index is 14.5. The number of rotatable bonds is 4. The smallest absolute Gasteiger partial charge is 0.135 e. The van der Waals surface area contributed by atoms with E-state index in [4.69, 9.17) is 9.15 Å². The summed E-state index contributed by atoms with van der Waals surface area (Å²) in [5.41, 5.74) is -0.00218. The molecule has 1 saturated heterocycles. The lowest BCUT2D eigenvalue weighted by atomic mass is 10.00. The maximum absolute atomic E-state index is 14.5. The summed E-state index contributed by atoms with van der Waals surface area (Å²) < 4.78 is 39.3. The van der Waals surface area contributed by atoms with Crippen molar-refractivity contribution in [3.8, 4) is 5.75 Å². The van der Waals surface area contributed by atoms with E-state index in [1.54, 1.807) is 12.1 Å². The molecule has 126 valence electrons. The van der Waals surface area contributed by atoms with E-state index in [9.17, 15) is 8.78 Å². The number of hydrogen-bond acceptors (Lipinski definition) is 4. The van der Waals surface area contributed by atoms with Gasteiger partial charge in [-0.25, -0.2) is 8.78 Å². The third kappa shape index (κ3) is 3.65. The van der Waals surface area contributed by atoms with Crippen LogP contribution >= 0.6 is 12.4 Å². The first-order valence-electron chi connectivity index (χ1n) is 7.22. The van der Waals surface area contributed by atoms with Gasteiger partial charge in [-0.1, -0.05) is 0 Å². The van der Waals surface area contributed by atoms with Crippen molar-refractivity contribution in [1.29, 1.82) is 0 Å². The highest BCUT2D eigenvalue weighted by atomic mass is 35.5. The Morgan fingerprint density at radius 3 is 2.39 bits per heavy atom. The number of ether oxygens (including phenoxy) is 1. The summed E-state index contributed by atoms with van der Waals surface area (Å²) in [6.07, 6.45) is 1.52. The van der Waals surface area contributed by atoms with Crippen LogP contribution in [-0.2, 0) is 0 Å². The molecule has 1 fully saturated rings. The SMILES string of the molecule is COc1cc(F)c([C@@H](c2ccco2)N2CCNCC2)c(F)c1.Cl. The molecule has 0 amide bonds. The van der Waals surface area contributed by atoms with Crippen LogP contribution in [0.25, 0.3) is 0 Å². The van der Waals surface area contributed by atoms with Crippen LogP contribution in [0.5, 0.6) is 5.75 Å². The van der Waals surface area contributed by atoms with Gasteiger partial charge in [0, 0.05) is 43.9 Å². The van der Waals surface area contributed by atoms with Crippen LogP contribution < -0.4 is 10.1 Å². The van der Waals surface area contributed by atoms with Crippen LogP contribution in [0.2, 0.25) is 0 Å². The topological polar surface area (TPSA) is 37.6 Å². The Balaban J connectivity index is 0.00000192. The fraction of sp³-hybridized carbons (Fsp3) is 0.375. The van der Waals surface area contributed by atoms with E-state index < -0.39 is 17.7 Å². The van der Waals surface area contributed by atoms with Crippen molar-refractivity contribution in [2.75, 3.05) is 33.3 Å². The minimum Gasteiger partial charge on any atom is -0.497 e. The summed E-state index contributed by atoms with van der Waals surface area (Å²) in [6, 6.07) is 5.30. The molecule has 7 heteroatoms. The normalized spacial score (nSPS) is 16.7. The summed E-state index contributed by atoms with van der Waals surface area (Å²) in [7, 11) is 1.38. The Morgan fingerprint density at radius 2 is 1.87 bits per heavy atom. The lowest BCUT2D eigenvalue weighted by Gasteiger charge is -2.34. The van der Waals surface area contributed by atoms with Gasteiger partial charge >= 0.3 is 0 Å². The van der Waals surface area contributed by atoms with Crippen molar-refractivity contribution >= 4 is 12.4 Å². The predicted molar refractivity (Wildman–Crippen MR) is 85.2 cm³/mol. The fourth-order valence-electron chi connectivity index (χ4n) is 2.83. The molecule has 0 spiro atoms. The molecule has 1 aromatic heterocycles. The molecule has 2 aromatic rings. The average Bonchev–Trinajstić information content (AvgIpc) is 3.05. The molecule has 1 aliphatic rings. The van der Waals surface area contributed by atoms with Crippen LogP contribution in [0, 0.1) is 11.6 Å². The molecular formula is C16H19ClF2N2O2. The highest BCUT2D eigenvalue weighted by Gasteiger charge is 2.31. The van der Waals surface area contributed by atoms with E-state index in [0.717, 1.165) is 13.1 Å². The van der Waals surface area contributed by atoms with Crippen molar-refractivity contribution in [2.45, 2.75) is 6.04 Å². The first kappa shape index (κ1) is 17.7. The van der Waals surface area contributed by atoms with Gasteiger partial charge in [0.15, 0.2) is 0 Å². The molecule has 0 aliphatic carbocycles. The highest BCUT2D eigenvalue weighted by Crippen LogP contribution is 2.34. The molecule has 1 N–H and O–H groups in total. The largest absolute Gasteiger partial charge is 0.497 e. The van der Waals surface area contributed by atoms with Crippen molar-refractivity contribution < 1.29 is 17.9 Å². The van der Waals surface area contributed by atoms with Gasteiger partial charge in [0.1, 0.15) is 23.1 Å². The number of furan rings is 1. The minimum absolute atomic E-state index is 0. The monoisotopic (exact) mass is 344 g/mol. The quantitative estimate of drug-likeness (QED) is 0.925. The average molecular weight is 345 g/mol. The Kier molecular flexibility index (Phi) is 5.98. The van der Waals surface area contributed by atoms with E-state index >= 15 is 0 Å². The third-order valence-electron chi connectivity index (χ3n) is 3.89. The zero-order chi connectivity index (χ0) is 15.5. The summed E-state index contributed by atoms with van der Waals surface area (Å²) >= 11 is 0. The number of nitrogens with zero attached hydrogens (tertiary/aromatic N) is 1. The first-order valence-corrected chi connectivity index (χ1v) is 7.22. The zero-order valence-corrected chi connectivity index (χ0v) is 13.5. The number of benzene rings is 1. The molecule has 0 saturated carbocycles. The maximum Gasteiger partial charge on any atom is 0.135 e. The van der Waals surface area contributed by atoms with E-state index in [1.807, 2.05) is 4.90 Å². The van der Waals surface area contributed by atoms with Gasteiger partial charge in [0.25, 0.3) is 0 Å². The molecule has 0 unspecified atom stereocenters. The van der Waals surface area contributed by atoms with Crippen LogP contribution in [-0.4, -0.2) is 38.2 Å². The molecule has 2 heterocycles. The number of piperazine rings is 1. The molecule has 0 bridgehead atoms. The Bertz CT molecular complexity index is 608. The third-order valence-corrected chi connectivity index (χ3v) is 3.89.